The number of imide groups is 1. The van der Waals surface area contributed by atoms with Gasteiger partial charge in [-0.15, -0.1) is 0 Å². The zero-order valence-electron chi connectivity index (χ0n) is 21.4. The smallest absolute Gasteiger partial charge is 0.416 e. The van der Waals surface area contributed by atoms with Crippen molar-refractivity contribution in [2.24, 2.45) is 0 Å². The van der Waals surface area contributed by atoms with Crippen LogP contribution in [0.25, 0.3) is 17.0 Å². The Morgan fingerprint density at radius 3 is 2.56 bits per heavy atom. The van der Waals surface area contributed by atoms with Gasteiger partial charge in [0.2, 0.25) is 5.91 Å². The molecule has 3 aromatic carbocycles. The van der Waals surface area contributed by atoms with Crippen molar-refractivity contribution in [2.45, 2.75) is 12.7 Å². The van der Waals surface area contributed by atoms with Gasteiger partial charge in [0.05, 0.1) is 23.3 Å². The molecule has 5 rings (SSSR count). The van der Waals surface area contributed by atoms with Gasteiger partial charge in [0.25, 0.3) is 11.1 Å². The molecule has 0 saturated carbocycles. The molecule has 3 amide bonds. The Balaban J connectivity index is 1.36. The quantitative estimate of drug-likeness (QED) is 0.198. The Bertz CT molecular complexity index is 1710. The fourth-order valence-corrected chi connectivity index (χ4v) is 5.28. The molecule has 1 aliphatic rings. The highest BCUT2D eigenvalue weighted by Gasteiger charge is 2.37. The topological polar surface area (TPSA) is 80.6 Å². The van der Waals surface area contributed by atoms with Crippen molar-refractivity contribution in [3.8, 4) is 5.75 Å². The van der Waals surface area contributed by atoms with E-state index in [-0.39, 0.29) is 22.2 Å². The third-order valence-electron chi connectivity index (χ3n) is 6.32. The maximum Gasteiger partial charge on any atom is 0.416 e. The predicted octanol–water partition coefficient (Wildman–Crippen LogP) is 6.53. The number of amides is 3. The van der Waals surface area contributed by atoms with Crippen LogP contribution in [-0.4, -0.2) is 40.2 Å². The SMILES string of the molecule is COc1ccc(C(F)(F)F)cc1NC(=O)CN1C(=O)S/C(=C\c2cn(Cc3cccc(F)c3)c3ccccc23)C1=O. The number of hydrogen-bond acceptors (Lipinski definition) is 5. The number of hydrogen-bond donors (Lipinski definition) is 1. The highest BCUT2D eigenvalue weighted by Crippen LogP contribution is 2.36. The van der Waals surface area contributed by atoms with Crippen LogP contribution in [0.2, 0.25) is 0 Å². The lowest BCUT2D eigenvalue weighted by Gasteiger charge is -2.16. The number of carbonyl (C=O) groups is 3. The van der Waals surface area contributed by atoms with Crippen LogP contribution in [0.15, 0.2) is 77.8 Å². The average molecular weight is 584 g/mol. The number of fused-ring (bicyclic) bond motifs is 1. The van der Waals surface area contributed by atoms with E-state index in [9.17, 15) is 31.9 Å². The molecule has 1 aliphatic heterocycles. The van der Waals surface area contributed by atoms with E-state index in [1.165, 1.54) is 19.2 Å². The van der Waals surface area contributed by atoms with E-state index in [2.05, 4.69) is 5.32 Å². The van der Waals surface area contributed by atoms with E-state index < -0.39 is 35.3 Å². The third kappa shape index (κ3) is 5.97. The molecule has 1 aromatic heterocycles. The number of thioether (sulfide) groups is 1. The Morgan fingerprint density at radius 2 is 1.83 bits per heavy atom. The molecular weight excluding hydrogens is 562 g/mol. The fraction of sp³-hybridized carbons (Fsp3) is 0.138. The third-order valence-corrected chi connectivity index (χ3v) is 7.23. The summed E-state index contributed by atoms with van der Waals surface area (Å²) in [5.74, 6) is -1.97. The lowest BCUT2D eigenvalue weighted by Crippen LogP contribution is -2.36. The van der Waals surface area contributed by atoms with Crippen LogP contribution in [0.5, 0.6) is 5.75 Å². The lowest BCUT2D eigenvalue weighted by molar-refractivity contribution is -0.137. The van der Waals surface area contributed by atoms with E-state index >= 15 is 0 Å². The molecular formula is C29H21F4N3O4S. The van der Waals surface area contributed by atoms with Gasteiger partial charge in [-0.05, 0) is 59.8 Å². The van der Waals surface area contributed by atoms with Gasteiger partial charge in [-0.2, -0.15) is 13.2 Å². The van der Waals surface area contributed by atoms with Crippen LogP contribution in [0.4, 0.5) is 28.0 Å². The Labute approximate surface area is 235 Å². The summed E-state index contributed by atoms with van der Waals surface area (Å²) in [7, 11) is 1.23. The Kier molecular flexibility index (Phi) is 7.59. The van der Waals surface area contributed by atoms with Crippen molar-refractivity contribution in [3.63, 3.8) is 0 Å². The molecule has 2 heterocycles. The summed E-state index contributed by atoms with van der Waals surface area (Å²) in [6, 6.07) is 16.2. The van der Waals surface area contributed by atoms with Gasteiger partial charge in [0, 0.05) is 29.2 Å². The number of nitrogens with zero attached hydrogens (tertiary/aromatic N) is 2. The molecule has 0 unspecified atom stereocenters. The standard InChI is InChI=1S/C29H21F4N3O4S/c1-40-24-10-9-19(29(31,32)33)13-22(24)34-26(37)16-36-27(38)25(41-28(36)39)12-18-15-35(23-8-3-2-7-21(18)23)14-17-5-4-6-20(30)11-17/h2-13,15H,14,16H2,1H3,(H,34,37)/b25-12-. The zero-order chi connectivity index (χ0) is 29.3. The number of alkyl halides is 3. The maximum absolute atomic E-state index is 13.7. The number of carbonyl (C=O) groups excluding carboxylic acids is 3. The fourth-order valence-electron chi connectivity index (χ4n) is 4.45. The molecule has 1 N–H and O–H groups in total. The van der Waals surface area contributed by atoms with Gasteiger partial charge < -0.3 is 14.6 Å². The van der Waals surface area contributed by atoms with E-state index in [1.807, 2.05) is 28.8 Å². The second-order valence-corrected chi connectivity index (χ2v) is 10.1. The first-order valence-corrected chi connectivity index (χ1v) is 13.0. The number of rotatable bonds is 7. The van der Waals surface area contributed by atoms with Crippen LogP contribution in [0, 0.1) is 5.82 Å². The van der Waals surface area contributed by atoms with Crippen LogP contribution in [0.1, 0.15) is 16.7 Å². The molecule has 12 heteroatoms. The van der Waals surface area contributed by atoms with Crippen LogP contribution in [-0.2, 0) is 22.3 Å². The lowest BCUT2D eigenvalue weighted by atomic mass is 10.1. The van der Waals surface area contributed by atoms with Crippen molar-refractivity contribution < 1.29 is 36.7 Å². The largest absolute Gasteiger partial charge is 0.495 e. The van der Waals surface area contributed by atoms with Crippen LogP contribution >= 0.6 is 11.8 Å². The average Bonchev–Trinajstić information content (AvgIpc) is 3.39. The molecule has 41 heavy (non-hydrogen) atoms. The Morgan fingerprint density at radius 1 is 1.05 bits per heavy atom. The monoisotopic (exact) mass is 583 g/mol. The number of benzene rings is 3. The second kappa shape index (κ2) is 11.1. The van der Waals surface area contributed by atoms with E-state index in [0.29, 0.717) is 29.9 Å². The van der Waals surface area contributed by atoms with Gasteiger partial charge in [-0.3, -0.25) is 19.3 Å². The molecule has 1 saturated heterocycles. The highest BCUT2D eigenvalue weighted by molar-refractivity contribution is 8.18. The molecule has 1 fully saturated rings. The molecule has 0 aliphatic carbocycles. The summed E-state index contributed by atoms with van der Waals surface area (Å²) < 4.78 is 60.1. The van der Waals surface area contributed by atoms with Crippen molar-refractivity contribution >= 4 is 51.5 Å². The Hall–Kier alpha value is -4.58. The van der Waals surface area contributed by atoms with Gasteiger partial charge >= 0.3 is 6.18 Å². The van der Waals surface area contributed by atoms with E-state index in [0.717, 1.165) is 33.5 Å². The minimum atomic E-state index is -4.65. The minimum Gasteiger partial charge on any atom is -0.495 e. The number of halogens is 4. The molecule has 0 atom stereocenters. The second-order valence-electron chi connectivity index (χ2n) is 9.09. The van der Waals surface area contributed by atoms with Crippen LogP contribution < -0.4 is 10.1 Å². The number of ether oxygens (including phenoxy) is 1. The van der Waals surface area contributed by atoms with E-state index in [1.54, 1.807) is 24.4 Å². The van der Waals surface area contributed by atoms with Crippen molar-refractivity contribution in [2.75, 3.05) is 19.0 Å². The maximum atomic E-state index is 13.7. The zero-order valence-corrected chi connectivity index (χ0v) is 22.2. The summed E-state index contributed by atoms with van der Waals surface area (Å²) in [6.45, 7) is -0.338. The molecule has 7 nitrogen and oxygen atoms in total. The summed E-state index contributed by atoms with van der Waals surface area (Å²) in [4.78, 5) is 39.2. The van der Waals surface area contributed by atoms with Gasteiger partial charge in [-0.25, -0.2) is 4.39 Å². The molecule has 0 bridgehead atoms. The summed E-state index contributed by atoms with van der Waals surface area (Å²) in [6.07, 6.45) is -1.32. The molecule has 0 spiro atoms. The number of methoxy groups -OCH3 is 1. The number of para-hydroxylation sites is 1. The first-order chi connectivity index (χ1) is 19.5. The molecule has 4 aromatic rings. The van der Waals surface area contributed by atoms with Gasteiger partial charge in [0.15, 0.2) is 0 Å². The first kappa shape index (κ1) is 28.0. The number of anilines is 1. The number of nitrogens with one attached hydrogen (secondary N) is 1. The minimum absolute atomic E-state index is 0.0185. The number of aromatic nitrogens is 1. The van der Waals surface area contributed by atoms with Gasteiger partial charge in [-0.1, -0.05) is 30.3 Å². The van der Waals surface area contributed by atoms with Crippen molar-refractivity contribution in [3.05, 3.63) is 100 Å². The highest BCUT2D eigenvalue weighted by atomic mass is 32.2. The summed E-state index contributed by atoms with van der Waals surface area (Å²) in [5, 5.41) is 2.39. The predicted molar refractivity (Wildman–Crippen MR) is 147 cm³/mol. The van der Waals surface area contributed by atoms with E-state index in [4.69, 9.17) is 4.74 Å². The van der Waals surface area contributed by atoms with Gasteiger partial charge in [0.1, 0.15) is 18.1 Å². The summed E-state index contributed by atoms with van der Waals surface area (Å²) in [5.41, 5.74) is 0.957. The van der Waals surface area contributed by atoms with Crippen molar-refractivity contribution in [1.29, 1.82) is 0 Å². The normalized spacial score (nSPS) is 14.8. The first-order valence-electron chi connectivity index (χ1n) is 12.2. The molecule has 0 radical (unpaired) electrons. The van der Waals surface area contributed by atoms with Crippen LogP contribution in [0.3, 0.4) is 0 Å². The summed E-state index contributed by atoms with van der Waals surface area (Å²) >= 11 is 0.648. The molecule has 210 valence electrons. The van der Waals surface area contributed by atoms with Crippen molar-refractivity contribution in [1.82, 2.24) is 9.47 Å².